The molecule has 0 saturated heterocycles. The second-order valence-corrected chi connectivity index (χ2v) is 8.49. The summed E-state index contributed by atoms with van der Waals surface area (Å²) in [5.41, 5.74) is 5.06. The van der Waals surface area contributed by atoms with Gasteiger partial charge in [0.25, 0.3) is 5.91 Å². The largest absolute Gasteiger partial charge is 0.497 e. The average Bonchev–Trinajstić information content (AvgIpc) is 3.68. The Kier molecular flexibility index (Phi) is 5.06. The number of nitrogens with zero attached hydrogens (tertiary/aromatic N) is 2. The first kappa shape index (κ1) is 21.1. The Bertz CT molecular complexity index is 1520. The summed E-state index contributed by atoms with van der Waals surface area (Å²) >= 11 is 0. The van der Waals surface area contributed by atoms with E-state index in [0.29, 0.717) is 30.1 Å². The third-order valence-corrected chi connectivity index (χ3v) is 6.63. The highest BCUT2D eigenvalue weighted by atomic mass is 16.5. The molecule has 1 aliphatic heterocycles. The van der Waals surface area contributed by atoms with E-state index >= 15 is 0 Å². The lowest BCUT2D eigenvalue weighted by Crippen LogP contribution is -2.31. The molecule has 8 nitrogen and oxygen atoms in total. The topological polar surface area (TPSA) is 96.4 Å². The maximum absolute atomic E-state index is 13.6. The monoisotopic (exact) mass is 468 g/mol. The quantitative estimate of drug-likeness (QED) is 0.352. The SMILES string of the molecule is COc1cccc([C@@H]2c3c(n[nH]c3-c3ccco3)C(=O)N2CCc2c[nH]c3ccc(OC)cc23)c1. The second kappa shape index (κ2) is 8.39. The zero-order valence-electron chi connectivity index (χ0n) is 19.4. The Morgan fingerprint density at radius 3 is 2.71 bits per heavy atom. The van der Waals surface area contributed by atoms with Crippen LogP contribution in [0.4, 0.5) is 0 Å². The highest BCUT2D eigenvalue weighted by Gasteiger charge is 2.42. The van der Waals surface area contributed by atoms with Crippen molar-refractivity contribution in [2.45, 2.75) is 12.5 Å². The first-order valence-electron chi connectivity index (χ1n) is 11.4. The molecule has 35 heavy (non-hydrogen) atoms. The molecule has 2 N–H and O–H groups in total. The lowest BCUT2D eigenvalue weighted by molar-refractivity contribution is 0.0746. The second-order valence-electron chi connectivity index (χ2n) is 8.49. The van der Waals surface area contributed by atoms with Crippen LogP contribution in [0.1, 0.15) is 33.2 Å². The molecule has 2 aromatic carbocycles. The van der Waals surface area contributed by atoms with Crippen molar-refractivity contribution in [3.63, 3.8) is 0 Å². The van der Waals surface area contributed by atoms with Crippen LogP contribution < -0.4 is 9.47 Å². The Labute approximate surface area is 201 Å². The summed E-state index contributed by atoms with van der Waals surface area (Å²) in [7, 11) is 3.30. The number of carbonyl (C=O) groups excluding carboxylic acids is 1. The molecule has 0 unspecified atom stereocenters. The van der Waals surface area contributed by atoms with Gasteiger partial charge < -0.3 is 23.8 Å². The number of amides is 1. The van der Waals surface area contributed by atoms with Crippen molar-refractivity contribution >= 4 is 16.8 Å². The van der Waals surface area contributed by atoms with Gasteiger partial charge in [-0.15, -0.1) is 0 Å². The number of rotatable bonds is 7. The molecule has 176 valence electrons. The molecule has 4 heterocycles. The summed E-state index contributed by atoms with van der Waals surface area (Å²) in [6, 6.07) is 17.1. The molecule has 5 aromatic rings. The Hall–Kier alpha value is -4.46. The van der Waals surface area contributed by atoms with Crippen molar-refractivity contribution in [1.29, 1.82) is 0 Å². The number of hydrogen-bond acceptors (Lipinski definition) is 5. The fourth-order valence-corrected chi connectivity index (χ4v) is 4.92. The van der Waals surface area contributed by atoms with E-state index in [9.17, 15) is 4.79 Å². The third kappa shape index (κ3) is 3.45. The summed E-state index contributed by atoms with van der Waals surface area (Å²) in [5, 5.41) is 8.50. The van der Waals surface area contributed by atoms with Gasteiger partial charge in [0.15, 0.2) is 11.5 Å². The van der Waals surface area contributed by atoms with Crippen LogP contribution in [0, 0.1) is 0 Å². The number of fused-ring (bicyclic) bond motifs is 2. The standard InChI is InChI=1S/C27H24N4O4/c1-33-18-6-3-5-16(13-18)26-23-24(22-7-4-12-35-22)29-30-25(23)27(32)31(26)11-10-17-15-28-21-9-8-19(34-2)14-20(17)21/h3-9,12-15,26,28H,10-11H2,1-2H3,(H,29,30)/t26-/m1/s1. The summed E-state index contributed by atoms with van der Waals surface area (Å²) in [6.07, 6.45) is 4.28. The third-order valence-electron chi connectivity index (χ3n) is 6.63. The van der Waals surface area contributed by atoms with Crippen LogP contribution in [-0.4, -0.2) is 46.8 Å². The van der Waals surface area contributed by atoms with E-state index in [1.165, 1.54) is 0 Å². The van der Waals surface area contributed by atoms with Gasteiger partial charge in [-0.3, -0.25) is 9.89 Å². The summed E-state index contributed by atoms with van der Waals surface area (Å²) in [6.45, 7) is 0.513. The van der Waals surface area contributed by atoms with Gasteiger partial charge in [-0.2, -0.15) is 5.10 Å². The zero-order valence-corrected chi connectivity index (χ0v) is 19.4. The molecule has 6 rings (SSSR count). The van der Waals surface area contributed by atoms with E-state index in [-0.39, 0.29) is 11.9 Å². The lowest BCUT2D eigenvalue weighted by atomic mass is 9.97. The number of benzene rings is 2. The molecule has 1 atom stereocenters. The zero-order chi connectivity index (χ0) is 23.9. The van der Waals surface area contributed by atoms with Gasteiger partial charge in [-0.25, -0.2) is 0 Å². The molecule has 8 heteroatoms. The van der Waals surface area contributed by atoms with Crippen LogP contribution in [0.15, 0.2) is 71.5 Å². The fourth-order valence-electron chi connectivity index (χ4n) is 4.92. The Balaban J connectivity index is 1.40. The van der Waals surface area contributed by atoms with E-state index in [4.69, 9.17) is 13.9 Å². The Morgan fingerprint density at radius 1 is 1.06 bits per heavy atom. The first-order chi connectivity index (χ1) is 17.2. The molecular formula is C27H24N4O4. The van der Waals surface area contributed by atoms with E-state index in [1.54, 1.807) is 20.5 Å². The maximum Gasteiger partial charge on any atom is 0.275 e. The molecule has 1 aliphatic rings. The Morgan fingerprint density at radius 2 is 1.91 bits per heavy atom. The molecule has 0 aliphatic carbocycles. The van der Waals surface area contributed by atoms with Gasteiger partial charge in [0.1, 0.15) is 17.2 Å². The van der Waals surface area contributed by atoms with Gasteiger partial charge in [0, 0.05) is 29.2 Å². The fraction of sp³-hybridized carbons (Fsp3) is 0.185. The van der Waals surface area contributed by atoms with Gasteiger partial charge in [0.2, 0.25) is 0 Å². The molecule has 1 amide bonds. The van der Waals surface area contributed by atoms with E-state index in [2.05, 4.69) is 15.2 Å². The maximum atomic E-state index is 13.6. The number of furan rings is 1. The summed E-state index contributed by atoms with van der Waals surface area (Å²) in [5.74, 6) is 2.06. The number of aromatic nitrogens is 3. The van der Waals surface area contributed by atoms with Crippen molar-refractivity contribution < 1.29 is 18.7 Å². The van der Waals surface area contributed by atoms with Crippen LogP contribution in [0.3, 0.4) is 0 Å². The van der Waals surface area contributed by atoms with Crippen molar-refractivity contribution in [2.75, 3.05) is 20.8 Å². The highest BCUT2D eigenvalue weighted by Crippen LogP contribution is 2.43. The molecule has 3 aromatic heterocycles. The number of ether oxygens (including phenoxy) is 2. The average molecular weight is 469 g/mol. The number of aromatic amines is 2. The number of carbonyl (C=O) groups is 1. The first-order valence-corrected chi connectivity index (χ1v) is 11.4. The lowest BCUT2D eigenvalue weighted by Gasteiger charge is -2.26. The van der Waals surface area contributed by atoms with E-state index in [0.717, 1.165) is 39.1 Å². The smallest absolute Gasteiger partial charge is 0.275 e. The molecule has 0 saturated carbocycles. The normalized spacial score (nSPS) is 15.1. The van der Waals surface area contributed by atoms with Crippen LogP contribution >= 0.6 is 0 Å². The molecule has 0 radical (unpaired) electrons. The van der Waals surface area contributed by atoms with E-state index in [1.807, 2.05) is 65.7 Å². The highest BCUT2D eigenvalue weighted by molar-refractivity contribution is 6.00. The van der Waals surface area contributed by atoms with Crippen LogP contribution in [-0.2, 0) is 6.42 Å². The van der Waals surface area contributed by atoms with Gasteiger partial charge >= 0.3 is 0 Å². The van der Waals surface area contributed by atoms with Crippen LogP contribution in [0.5, 0.6) is 11.5 Å². The predicted octanol–water partition coefficient (Wildman–Crippen LogP) is 4.96. The number of hydrogen-bond donors (Lipinski definition) is 2. The van der Waals surface area contributed by atoms with Crippen molar-refractivity contribution in [3.05, 3.63) is 89.4 Å². The number of nitrogens with one attached hydrogen (secondary N) is 2. The van der Waals surface area contributed by atoms with Crippen LogP contribution in [0.25, 0.3) is 22.4 Å². The molecule has 0 spiro atoms. The number of methoxy groups -OCH3 is 2. The predicted molar refractivity (Wildman–Crippen MR) is 131 cm³/mol. The van der Waals surface area contributed by atoms with E-state index < -0.39 is 0 Å². The van der Waals surface area contributed by atoms with Crippen LogP contribution in [0.2, 0.25) is 0 Å². The molecular weight excluding hydrogens is 444 g/mol. The van der Waals surface area contributed by atoms with Crippen molar-refractivity contribution in [2.24, 2.45) is 0 Å². The summed E-state index contributed by atoms with van der Waals surface area (Å²) in [4.78, 5) is 18.8. The minimum absolute atomic E-state index is 0.112. The molecule has 0 bridgehead atoms. The van der Waals surface area contributed by atoms with Gasteiger partial charge in [-0.05, 0) is 60.0 Å². The summed E-state index contributed by atoms with van der Waals surface area (Å²) < 4.78 is 16.5. The minimum atomic E-state index is -0.328. The molecule has 0 fully saturated rings. The van der Waals surface area contributed by atoms with Crippen molar-refractivity contribution in [1.82, 2.24) is 20.1 Å². The van der Waals surface area contributed by atoms with Crippen molar-refractivity contribution in [3.8, 4) is 23.0 Å². The minimum Gasteiger partial charge on any atom is -0.497 e. The number of H-pyrrole nitrogens is 2. The van der Waals surface area contributed by atoms with Gasteiger partial charge in [0.05, 0.1) is 26.5 Å². The van der Waals surface area contributed by atoms with Gasteiger partial charge in [-0.1, -0.05) is 12.1 Å².